The van der Waals surface area contributed by atoms with Gasteiger partial charge in [0.1, 0.15) is 23.7 Å². The SMILES string of the molecule is Cn1c(=O)[nH]c(=O)c2[nH]c(CCC(=O)NCCOc3cccc(C(F)(F)F)c3)nc21. The molecule has 0 unspecified atom stereocenters. The molecule has 2 aromatic heterocycles. The molecular formula is C18H18F3N5O4. The predicted octanol–water partition coefficient (Wildman–Crippen LogP) is 1.10. The summed E-state index contributed by atoms with van der Waals surface area (Å²) in [6.07, 6.45) is -4.21. The molecule has 1 aromatic carbocycles. The molecule has 9 nitrogen and oxygen atoms in total. The first-order chi connectivity index (χ1) is 14.1. The van der Waals surface area contributed by atoms with Crippen LogP contribution in [0.15, 0.2) is 33.9 Å². The minimum atomic E-state index is -4.46. The van der Waals surface area contributed by atoms with Crippen LogP contribution in [0.4, 0.5) is 13.2 Å². The molecule has 0 spiro atoms. The highest BCUT2D eigenvalue weighted by atomic mass is 19.4. The topological polar surface area (TPSA) is 122 Å². The second kappa shape index (κ2) is 8.43. The minimum absolute atomic E-state index is 0.00479. The number of fused-ring (bicyclic) bond motifs is 1. The van der Waals surface area contributed by atoms with Crippen molar-refractivity contribution < 1.29 is 22.7 Å². The lowest BCUT2D eigenvalue weighted by Gasteiger charge is -2.10. The highest BCUT2D eigenvalue weighted by molar-refractivity contribution is 5.76. The monoisotopic (exact) mass is 425 g/mol. The van der Waals surface area contributed by atoms with Crippen molar-refractivity contribution in [3.8, 4) is 5.75 Å². The number of aromatic nitrogens is 4. The van der Waals surface area contributed by atoms with E-state index in [9.17, 15) is 27.6 Å². The van der Waals surface area contributed by atoms with E-state index in [1.54, 1.807) is 0 Å². The number of ether oxygens (including phenoxy) is 1. The summed E-state index contributed by atoms with van der Waals surface area (Å²) in [6, 6.07) is 4.47. The third-order valence-corrected chi connectivity index (χ3v) is 4.25. The Morgan fingerprint density at radius 3 is 2.77 bits per heavy atom. The molecule has 0 radical (unpaired) electrons. The van der Waals surface area contributed by atoms with Crippen LogP contribution in [0.2, 0.25) is 0 Å². The number of aryl methyl sites for hydroxylation is 2. The molecule has 0 bridgehead atoms. The lowest BCUT2D eigenvalue weighted by Crippen LogP contribution is -2.28. The van der Waals surface area contributed by atoms with Crippen molar-refractivity contribution in [2.75, 3.05) is 13.2 Å². The number of H-pyrrole nitrogens is 2. The fourth-order valence-corrected chi connectivity index (χ4v) is 2.71. The first kappa shape index (κ1) is 21.1. The Hall–Kier alpha value is -3.57. The van der Waals surface area contributed by atoms with Crippen LogP contribution < -0.4 is 21.3 Å². The van der Waals surface area contributed by atoms with Crippen molar-refractivity contribution in [1.82, 2.24) is 24.8 Å². The van der Waals surface area contributed by atoms with Crippen LogP contribution in [0.5, 0.6) is 5.75 Å². The number of carbonyl (C=O) groups is 1. The number of carbonyl (C=O) groups excluding carboxylic acids is 1. The molecule has 30 heavy (non-hydrogen) atoms. The third-order valence-electron chi connectivity index (χ3n) is 4.25. The van der Waals surface area contributed by atoms with Crippen LogP contribution in [-0.4, -0.2) is 38.6 Å². The number of amides is 1. The number of alkyl halides is 3. The van der Waals surface area contributed by atoms with Crippen molar-refractivity contribution >= 4 is 17.1 Å². The number of nitrogens with zero attached hydrogens (tertiary/aromatic N) is 2. The molecule has 0 aliphatic rings. The Labute approximate surface area is 166 Å². The van der Waals surface area contributed by atoms with Gasteiger partial charge in [-0.05, 0) is 18.2 Å². The smallest absolute Gasteiger partial charge is 0.416 e. The average molecular weight is 425 g/mol. The van der Waals surface area contributed by atoms with Crippen molar-refractivity contribution in [2.45, 2.75) is 19.0 Å². The van der Waals surface area contributed by atoms with E-state index in [2.05, 4.69) is 20.3 Å². The van der Waals surface area contributed by atoms with Gasteiger partial charge in [0.15, 0.2) is 5.65 Å². The number of imidazole rings is 1. The summed E-state index contributed by atoms with van der Waals surface area (Å²) in [5.41, 5.74) is -1.67. The Balaban J connectivity index is 1.47. The predicted molar refractivity (Wildman–Crippen MR) is 100 cm³/mol. The van der Waals surface area contributed by atoms with Gasteiger partial charge in [-0.25, -0.2) is 9.78 Å². The number of nitrogens with one attached hydrogen (secondary N) is 3. The maximum Gasteiger partial charge on any atom is 0.416 e. The van der Waals surface area contributed by atoms with Crippen LogP contribution in [-0.2, 0) is 24.4 Å². The molecule has 0 saturated carbocycles. The zero-order valence-corrected chi connectivity index (χ0v) is 15.8. The van der Waals surface area contributed by atoms with Gasteiger partial charge in [0.05, 0.1) is 12.1 Å². The second-order valence-electron chi connectivity index (χ2n) is 6.42. The van der Waals surface area contributed by atoms with Gasteiger partial charge in [0.25, 0.3) is 5.56 Å². The third kappa shape index (κ3) is 4.88. The first-order valence-corrected chi connectivity index (χ1v) is 8.90. The minimum Gasteiger partial charge on any atom is -0.492 e. The van der Waals surface area contributed by atoms with Gasteiger partial charge < -0.3 is 15.0 Å². The summed E-state index contributed by atoms with van der Waals surface area (Å²) < 4.78 is 44.4. The molecule has 0 saturated heterocycles. The van der Waals surface area contributed by atoms with Crippen LogP contribution >= 0.6 is 0 Å². The normalized spacial score (nSPS) is 11.6. The summed E-state index contributed by atoms with van der Waals surface area (Å²) in [6.45, 7) is 0.0958. The van der Waals surface area contributed by atoms with Gasteiger partial charge in [-0.2, -0.15) is 13.2 Å². The van der Waals surface area contributed by atoms with Crippen LogP contribution in [0, 0.1) is 0 Å². The number of hydrogen-bond acceptors (Lipinski definition) is 5. The van der Waals surface area contributed by atoms with Gasteiger partial charge in [0.2, 0.25) is 5.91 Å². The molecule has 1 amide bonds. The van der Waals surface area contributed by atoms with E-state index in [1.807, 2.05) is 0 Å². The van der Waals surface area contributed by atoms with E-state index in [1.165, 1.54) is 23.7 Å². The van der Waals surface area contributed by atoms with Crippen molar-refractivity contribution in [3.63, 3.8) is 0 Å². The number of rotatable bonds is 7. The van der Waals surface area contributed by atoms with Crippen molar-refractivity contribution in [2.24, 2.45) is 7.05 Å². The zero-order chi connectivity index (χ0) is 21.9. The number of benzene rings is 1. The maximum absolute atomic E-state index is 12.7. The summed E-state index contributed by atoms with van der Waals surface area (Å²) >= 11 is 0. The van der Waals surface area contributed by atoms with Crippen molar-refractivity contribution in [1.29, 1.82) is 0 Å². The standard InChI is InChI=1S/C18H18F3N5O4/c1-26-15-14(16(28)25-17(26)29)23-12(24-15)5-6-13(27)22-7-8-30-11-4-2-3-10(9-11)18(19,20)21/h2-4,9H,5-8H2,1H3,(H,22,27)(H,23,24)(H,25,28,29). The molecule has 0 atom stereocenters. The van der Waals surface area contributed by atoms with Crippen LogP contribution in [0.3, 0.4) is 0 Å². The molecule has 2 heterocycles. The largest absolute Gasteiger partial charge is 0.492 e. The lowest BCUT2D eigenvalue weighted by molar-refractivity contribution is -0.137. The van der Waals surface area contributed by atoms with Crippen molar-refractivity contribution in [3.05, 3.63) is 56.5 Å². The zero-order valence-electron chi connectivity index (χ0n) is 15.8. The summed E-state index contributed by atoms with van der Waals surface area (Å²) in [7, 11) is 1.46. The fourth-order valence-electron chi connectivity index (χ4n) is 2.71. The van der Waals surface area contributed by atoms with Gasteiger partial charge in [-0.15, -0.1) is 0 Å². The molecule has 160 valence electrons. The maximum atomic E-state index is 12.7. The quantitative estimate of drug-likeness (QED) is 0.490. The number of halogens is 3. The van der Waals surface area contributed by atoms with E-state index in [-0.39, 0.29) is 48.8 Å². The first-order valence-electron chi connectivity index (χ1n) is 8.90. The van der Waals surface area contributed by atoms with E-state index >= 15 is 0 Å². The van der Waals surface area contributed by atoms with E-state index in [0.717, 1.165) is 12.1 Å². The number of hydrogen-bond donors (Lipinski definition) is 3. The van der Waals surface area contributed by atoms with Gasteiger partial charge >= 0.3 is 11.9 Å². The summed E-state index contributed by atoms with van der Waals surface area (Å²) in [5, 5.41) is 2.58. The second-order valence-corrected chi connectivity index (χ2v) is 6.42. The highest BCUT2D eigenvalue weighted by Crippen LogP contribution is 2.31. The van der Waals surface area contributed by atoms with Gasteiger partial charge in [-0.1, -0.05) is 6.07 Å². The molecule has 0 aliphatic carbocycles. The molecular weight excluding hydrogens is 407 g/mol. The average Bonchev–Trinajstić information content (AvgIpc) is 3.13. The van der Waals surface area contributed by atoms with Crippen LogP contribution in [0.1, 0.15) is 17.8 Å². The summed E-state index contributed by atoms with van der Waals surface area (Å²) in [4.78, 5) is 44.4. The molecule has 0 aliphatic heterocycles. The molecule has 12 heteroatoms. The van der Waals surface area contributed by atoms with E-state index < -0.39 is 23.0 Å². The molecule has 0 fully saturated rings. The molecule has 3 rings (SSSR count). The summed E-state index contributed by atoms with van der Waals surface area (Å²) in [5.74, 6) is 0.0927. The molecule has 3 aromatic rings. The van der Waals surface area contributed by atoms with E-state index in [4.69, 9.17) is 4.74 Å². The van der Waals surface area contributed by atoms with E-state index in [0.29, 0.717) is 5.82 Å². The molecule has 3 N–H and O–H groups in total. The Kier molecular flexibility index (Phi) is 5.94. The highest BCUT2D eigenvalue weighted by Gasteiger charge is 2.30. The van der Waals surface area contributed by atoms with Gasteiger partial charge in [0, 0.05) is 19.9 Å². The van der Waals surface area contributed by atoms with Gasteiger partial charge in [-0.3, -0.25) is 19.1 Å². The fraction of sp³-hybridized carbons (Fsp3) is 0.333. The Morgan fingerprint density at radius 2 is 2.03 bits per heavy atom. The number of aromatic amines is 2. The lowest BCUT2D eigenvalue weighted by atomic mass is 10.2. The Bertz CT molecular complexity index is 1180. The Morgan fingerprint density at radius 1 is 1.27 bits per heavy atom. The van der Waals surface area contributed by atoms with Crippen LogP contribution in [0.25, 0.3) is 11.2 Å².